The predicted molar refractivity (Wildman–Crippen MR) is 102 cm³/mol. The molecule has 6 nitrogen and oxygen atoms in total. The maximum Gasteiger partial charge on any atom is 0.191 e. The summed E-state index contributed by atoms with van der Waals surface area (Å²) in [7, 11) is 1.80. The normalized spacial score (nSPS) is 17.0. The second-order valence-corrected chi connectivity index (χ2v) is 7.11. The topological polar surface area (TPSA) is 65.7 Å². The van der Waals surface area contributed by atoms with E-state index in [4.69, 9.17) is 4.42 Å². The minimum Gasteiger partial charge on any atom is -0.468 e. The summed E-state index contributed by atoms with van der Waals surface area (Å²) in [5.74, 6) is 1.80. The van der Waals surface area contributed by atoms with Gasteiger partial charge >= 0.3 is 0 Å². The number of aromatic nitrogens is 1. The third-order valence-electron chi connectivity index (χ3n) is 4.48. The fraction of sp³-hybridized carbons (Fsp3) is 0.556. The molecule has 2 aromatic heterocycles. The Morgan fingerprint density at radius 3 is 2.88 bits per heavy atom. The van der Waals surface area contributed by atoms with Gasteiger partial charge in [-0.2, -0.15) is 0 Å². The number of nitrogens with zero attached hydrogens (tertiary/aromatic N) is 3. The molecule has 7 heteroatoms. The summed E-state index contributed by atoms with van der Waals surface area (Å²) < 4.78 is 5.67. The lowest BCUT2D eigenvalue weighted by Crippen LogP contribution is -2.42. The highest BCUT2D eigenvalue weighted by atomic mass is 32.1. The van der Waals surface area contributed by atoms with E-state index in [-0.39, 0.29) is 6.04 Å². The molecule has 1 unspecified atom stereocenters. The maximum atomic E-state index is 5.67. The van der Waals surface area contributed by atoms with Crippen LogP contribution in [0.3, 0.4) is 0 Å². The summed E-state index contributed by atoms with van der Waals surface area (Å²) in [6.45, 7) is 5.83. The first-order valence-corrected chi connectivity index (χ1v) is 9.83. The molecular formula is C18H27N5OS. The van der Waals surface area contributed by atoms with Crippen LogP contribution in [-0.2, 0) is 13.0 Å². The first kappa shape index (κ1) is 17.9. The van der Waals surface area contributed by atoms with E-state index in [1.54, 1.807) is 24.6 Å². The second kappa shape index (κ2) is 9.01. The maximum absolute atomic E-state index is 5.67. The van der Waals surface area contributed by atoms with Gasteiger partial charge in [0.05, 0.1) is 29.6 Å². The van der Waals surface area contributed by atoms with Gasteiger partial charge in [0.1, 0.15) is 5.76 Å². The zero-order valence-electron chi connectivity index (χ0n) is 15.0. The first-order chi connectivity index (χ1) is 12.3. The van der Waals surface area contributed by atoms with Crippen molar-refractivity contribution in [1.29, 1.82) is 0 Å². The van der Waals surface area contributed by atoms with Crippen molar-refractivity contribution in [2.45, 2.75) is 38.8 Å². The number of hydrogen-bond donors (Lipinski definition) is 2. The van der Waals surface area contributed by atoms with Crippen molar-refractivity contribution in [2.24, 2.45) is 4.99 Å². The lowest BCUT2D eigenvalue weighted by Gasteiger charge is -2.26. The van der Waals surface area contributed by atoms with E-state index >= 15 is 0 Å². The first-order valence-electron chi connectivity index (χ1n) is 8.95. The molecule has 0 saturated carbocycles. The van der Waals surface area contributed by atoms with E-state index in [9.17, 15) is 0 Å². The molecule has 1 saturated heterocycles. The Bertz CT molecular complexity index is 661. The molecule has 1 atom stereocenters. The fourth-order valence-electron chi connectivity index (χ4n) is 3.12. The van der Waals surface area contributed by atoms with E-state index in [0.29, 0.717) is 6.54 Å². The number of aryl methyl sites for hydroxylation is 1. The highest BCUT2D eigenvalue weighted by Gasteiger charge is 2.25. The molecule has 1 aliphatic heterocycles. The Hall–Kier alpha value is -1.86. The van der Waals surface area contributed by atoms with Gasteiger partial charge in [-0.15, -0.1) is 11.3 Å². The van der Waals surface area contributed by atoms with Gasteiger partial charge in [0.15, 0.2) is 5.96 Å². The molecule has 0 amide bonds. The highest BCUT2D eigenvalue weighted by Crippen LogP contribution is 2.24. The van der Waals surface area contributed by atoms with Crippen LogP contribution in [0.15, 0.2) is 33.2 Å². The zero-order valence-corrected chi connectivity index (χ0v) is 15.8. The van der Waals surface area contributed by atoms with Crippen LogP contribution < -0.4 is 10.6 Å². The minimum absolute atomic E-state index is 0.238. The van der Waals surface area contributed by atoms with Crippen molar-refractivity contribution < 1.29 is 4.42 Å². The predicted octanol–water partition coefficient (Wildman–Crippen LogP) is 2.80. The molecule has 0 radical (unpaired) electrons. The number of rotatable bonds is 7. The Kier molecular flexibility index (Phi) is 6.47. The summed E-state index contributed by atoms with van der Waals surface area (Å²) in [5.41, 5.74) is 1.06. The van der Waals surface area contributed by atoms with Gasteiger partial charge < -0.3 is 15.1 Å². The van der Waals surface area contributed by atoms with Crippen LogP contribution in [0, 0.1) is 0 Å². The molecule has 136 valence electrons. The minimum atomic E-state index is 0.238. The van der Waals surface area contributed by atoms with Gasteiger partial charge in [-0.1, -0.05) is 6.92 Å². The molecule has 0 aromatic carbocycles. The van der Waals surface area contributed by atoms with E-state index < -0.39 is 0 Å². The Balaban J connectivity index is 1.54. The van der Waals surface area contributed by atoms with E-state index in [1.165, 1.54) is 17.8 Å². The number of aliphatic imine (C=N–C) groups is 1. The largest absolute Gasteiger partial charge is 0.468 e. The molecule has 0 bridgehead atoms. The lowest BCUT2D eigenvalue weighted by atomic mass is 10.2. The standard InChI is InChI=1S/C18H27N5OS/c1-3-17-22-14(13-25-17)11-20-18(19-2)21-12-15(16-7-6-10-24-16)23-8-4-5-9-23/h6-7,10,13,15H,3-5,8-9,11-12H2,1-2H3,(H2,19,20,21). The summed E-state index contributed by atoms with van der Waals surface area (Å²) in [4.78, 5) is 11.4. The molecule has 0 aliphatic carbocycles. The van der Waals surface area contributed by atoms with Crippen molar-refractivity contribution >= 4 is 17.3 Å². The van der Waals surface area contributed by atoms with Crippen LogP contribution in [0.4, 0.5) is 0 Å². The second-order valence-electron chi connectivity index (χ2n) is 6.17. The van der Waals surface area contributed by atoms with Gasteiger partial charge in [0.2, 0.25) is 0 Å². The van der Waals surface area contributed by atoms with Gasteiger partial charge in [-0.3, -0.25) is 9.89 Å². The number of guanidine groups is 1. The van der Waals surface area contributed by atoms with Gasteiger partial charge in [-0.25, -0.2) is 4.98 Å². The molecule has 1 fully saturated rings. The fourth-order valence-corrected chi connectivity index (χ4v) is 3.87. The third-order valence-corrected chi connectivity index (χ3v) is 5.52. The number of nitrogens with one attached hydrogen (secondary N) is 2. The van der Waals surface area contributed by atoms with Crippen molar-refractivity contribution in [1.82, 2.24) is 20.5 Å². The third kappa shape index (κ3) is 4.83. The Labute approximate surface area is 153 Å². The van der Waals surface area contributed by atoms with Crippen molar-refractivity contribution in [2.75, 3.05) is 26.7 Å². The van der Waals surface area contributed by atoms with Crippen LogP contribution in [0.5, 0.6) is 0 Å². The van der Waals surface area contributed by atoms with E-state index in [0.717, 1.165) is 43.5 Å². The summed E-state index contributed by atoms with van der Waals surface area (Å²) in [6, 6.07) is 4.25. The van der Waals surface area contributed by atoms with Crippen molar-refractivity contribution in [3.63, 3.8) is 0 Å². The Morgan fingerprint density at radius 2 is 2.24 bits per heavy atom. The Morgan fingerprint density at radius 1 is 1.40 bits per heavy atom. The molecule has 3 heterocycles. The van der Waals surface area contributed by atoms with Crippen LogP contribution in [0.25, 0.3) is 0 Å². The van der Waals surface area contributed by atoms with Gasteiger partial charge in [0, 0.05) is 19.0 Å². The molecular weight excluding hydrogens is 334 g/mol. The van der Waals surface area contributed by atoms with Crippen LogP contribution in [0.2, 0.25) is 0 Å². The SMILES string of the molecule is CCc1nc(CNC(=NC)NCC(c2ccco2)N2CCCC2)cs1. The summed E-state index contributed by atoms with van der Waals surface area (Å²) >= 11 is 1.71. The average Bonchev–Trinajstić information content (AvgIpc) is 3.40. The smallest absolute Gasteiger partial charge is 0.191 e. The van der Waals surface area contributed by atoms with Crippen LogP contribution in [-0.4, -0.2) is 42.5 Å². The number of furan rings is 1. The number of likely N-dealkylation sites (tertiary alicyclic amines) is 1. The van der Waals surface area contributed by atoms with Crippen molar-refractivity contribution in [3.05, 3.63) is 40.2 Å². The lowest BCUT2D eigenvalue weighted by molar-refractivity contribution is 0.215. The monoisotopic (exact) mass is 361 g/mol. The average molecular weight is 362 g/mol. The summed E-state index contributed by atoms with van der Waals surface area (Å²) in [6.07, 6.45) is 5.25. The van der Waals surface area contributed by atoms with Crippen LogP contribution in [0.1, 0.15) is 42.3 Å². The van der Waals surface area contributed by atoms with E-state index in [2.05, 4.69) is 43.9 Å². The molecule has 2 N–H and O–H groups in total. The number of thiazole rings is 1. The quantitative estimate of drug-likeness (QED) is 0.586. The molecule has 0 spiro atoms. The summed E-state index contributed by atoms with van der Waals surface area (Å²) in [5, 5.41) is 10.1. The highest BCUT2D eigenvalue weighted by molar-refractivity contribution is 7.09. The van der Waals surface area contributed by atoms with Crippen molar-refractivity contribution in [3.8, 4) is 0 Å². The molecule has 3 rings (SSSR count). The molecule has 1 aliphatic rings. The van der Waals surface area contributed by atoms with Gasteiger partial charge in [0.25, 0.3) is 0 Å². The van der Waals surface area contributed by atoms with Crippen LogP contribution >= 0.6 is 11.3 Å². The number of hydrogen-bond acceptors (Lipinski definition) is 5. The molecule has 25 heavy (non-hydrogen) atoms. The molecule has 2 aromatic rings. The van der Waals surface area contributed by atoms with Gasteiger partial charge in [-0.05, 0) is 44.5 Å². The zero-order chi connectivity index (χ0) is 17.5. The van der Waals surface area contributed by atoms with E-state index in [1.807, 2.05) is 6.07 Å².